The summed E-state index contributed by atoms with van der Waals surface area (Å²) < 4.78 is 26.5. The van der Waals surface area contributed by atoms with Crippen LogP contribution in [-0.4, -0.2) is 0 Å². The highest BCUT2D eigenvalue weighted by molar-refractivity contribution is 6.30. The molecule has 0 aromatic heterocycles. The Labute approximate surface area is 116 Å². The third-order valence-corrected chi connectivity index (χ3v) is 3.04. The Morgan fingerprint density at radius 3 is 2.42 bits per heavy atom. The van der Waals surface area contributed by atoms with E-state index in [2.05, 4.69) is 5.32 Å². The summed E-state index contributed by atoms with van der Waals surface area (Å²) in [6, 6.07) is 9.50. The molecule has 0 amide bonds. The van der Waals surface area contributed by atoms with Gasteiger partial charge < -0.3 is 5.32 Å². The fourth-order valence-corrected chi connectivity index (χ4v) is 2.05. The van der Waals surface area contributed by atoms with Crippen molar-refractivity contribution in [1.82, 2.24) is 5.32 Å². The lowest BCUT2D eigenvalue weighted by Gasteiger charge is -2.07. The van der Waals surface area contributed by atoms with Gasteiger partial charge in [-0.15, -0.1) is 0 Å². The average Bonchev–Trinajstić information content (AvgIpc) is 2.32. The van der Waals surface area contributed by atoms with Gasteiger partial charge in [-0.1, -0.05) is 23.7 Å². The van der Waals surface area contributed by atoms with E-state index in [1.54, 1.807) is 19.1 Å². The predicted octanol–water partition coefficient (Wildman–Crippen LogP) is 4.22. The van der Waals surface area contributed by atoms with Gasteiger partial charge >= 0.3 is 0 Å². The summed E-state index contributed by atoms with van der Waals surface area (Å²) in [5.41, 5.74) is 2.24. The molecule has 0 fully saturated rings. The molecule has 0 radical (unpaired) electrons. The van der Waals surface area contributed by atoms with Crippen molar-refractivity contribution >= 4 is 11.6 Å². The van der Waals surface area contributed by atoms with Gasteiger partial charge in [-0.2, -0.15) is 0 Å². The maximum absolute atomic E-state index is 13.3. The monoisotopic (exact) mass is 281 g/mol. The summed E-state index contributed by atoms with van der Waals surface area (Å²) in [7, 11) is 0. The number of halogens is 3. The van der Waals surface area contributed by atoms with Crippen LogP contribution in [0.5, 0.6) is 0 Å². The molecule has 2 aromatic rings. The summed E-state index contributed by atoms with van der Waals surface area (Å²) >= 11 is 5.77. The van der Waals surface area contributed by atoms with Crippen LogP contribution in [0, 0.1) is 18.6 Å². The molecular weight excluding hydrogens is 268 g/mol. The van der Waals surface area contributed by atoms with Crippen LogP contribution < -0.4 is 5.32 Å². The van der Waals surface area contributed by atoms with Crippen LogP contribution in [0.2, 0.25) is 5.02 Å². The zero-order valence-corrected chi connectivity index (χ0v) is 11.3. The van der Waals surface area contributed by atoms with E-state index in [1.807, 2.05) is 6.07 Å². The molecule has 2 rings (SSSR count). The fraction of sp³-hybridized carbons (Fsp3) is 0.200. The predicted molar refractivity (Wildman–Crippen MR) is 73.1 cm³/mol. The van der Waals surface area contributed by atoms with Gasteiger partial charge in [-0.3, -0.25) is 0 Å². The molecule has 0 aliphatic rings. The second-order valence-corrected chi connectivity index (χ2v) is 4.90. The molecule has 4 heteroatoms. The Balaban J connectivity index is 1.94. The molecule has 0 aliphatic heterocycles. The molecule has 0 unspecified atom stereocenters. The molecule has 0 saturated carbocycles. The van der Waals surface area contributed by atoms with Gasteiger partial charge in [0.1, 0.15) is 11.6 Å². The Morgan fingerprint density at radius 1 is 1.00 bits per heavy atom. The van der Waals surface area contributed by atoms with E-state index in [4.69, 9.17) is 11.6 Å². The van der Waals surface area contributed by atoms with Crippen molar-refractivity contribution in [3.05, 3.63) is 69.7 Å². The number of hydrogen-bond acceptors (Lipinski definition) is 1. The highest BCUT2D eigenvalue weighted by Crippen LogP contribution is 2.14. The third kappa shape index (κ3) is 4.01. The normalized spacial score (nSPS) is 10.7. The molecular formula is C15H14ClF2N. The molecule has 0 heterocycles. The first-order chi connectivity index (χ1) is 9.04. The van der Waals surface area contributed by atoms with Crippen molar-refractivity contribution in [2.45, 2.75) is 20.0 Å². The third-order valence-electron chi connectivity index (χ3n) is 2.82. The van der Waals surface area contributed by atoms with Crippen molar-refractivity contribution in [3.8, 4) is 0 Å². The second kappa shape index (κ2) is 6.13. The van der Waals surface area contributed by atoms with E-state index >= 15 is 0 Å². The number of benzene rings is 2. The van der Waals surface area contributed by atoms with E-state index in [1.165, 1.54) is 18.2 Å². The van der Waals surface area contributed by atoms with Gasteiger partial charge in [0, 0.05) is 18.1 Å². The van der Waals surface area contributed by atoms with Crippen LogP contribution >= 0.6 is 11.6 Å². The molecule has 1 N–H and O–H groups in total. The van der Waals surface area contributed by atoms with Crippen LogP contribution in [-0.2, 0) is 13.1 Å². The zero-order valence-electron chi connectivity index (χ0n) is 10.5. The standard InChI is InChI=1S/C15H14ClF2N/c1-10-2-3-11(6-15(10)18)8-19-9-12-4-13(16)7-14(17)5-12/h2-7,19H,8-9H2,1H3. The van der Waals surface area contributed by atoms with Crippen LogP contribution in [0.1, 0.15) is 16.7 Å². The van der Waals surface area contributed by atoms with Crippen LogP contribution in [0.3, 0.4) is 0 Å². The first-order valence-electron chi connectivity index (χ1n) is 5.95. The molecule has 0 bridgehead atoms. The Bertz CT molecular complexity index is 564. The number of hydrogen-bond donors (Lipinski definition) is 1. The molecule has 2 aromatic carbocycles. The van der Waals surface area contributed by atoms with Crippen LogP contribution in [0.15, 0.2) is 36.4 Å². The Hall–Kier alpha value is -1.45. The van der Waals surface area contributed by atoms with E-state index in [0.29, 0.717) is 23.7 Å². The lowest BCUT2D eigenvalue weighted by atomic mass is 10.1. The van der Waals surface area contributed by atoms with Gasteiger partial charge in [-0.25, -0.2) is 8.78 Å². The lowest BCUT2D eigenvalue weighted by molar-refractivity contribution is 0.609. The topological polar surface area (TPSA) is 12.0 Å². The van der Waals surface area contributed by atoms with Crippen molar-refractivity contribution in [1.29, 1.82) is 0 Å². The van der Waals surface area contributed by atoms with Crippen LogP contribution in [0.25, 0.3) is 0 Å². The van der Waals surface area contributed by atoms with Crippen LogP contribution in [0.4, 0.5) is 8.78 Å². The van der Waals surface area contributed by atoms with Crippen molar-refractivity contribution in [2.75, 3.05) is 0 Å². The molecule has 1 nitrogen and oxygen atoms in total. The summed E-state index contributed by atoms with van der Waals surface area (Å²) in [6.45, 7) is 2.72. The molecule has 0 atom stereocenters. The first kappa shape index (κ1) is 14.0. The highest BCUT2D eigenvalue weighted by Gasteiger charge is 2.01. The fourth-order valence-electron chi connectivity index (χ4n) is 1.81. The van der Waals surface area contributed by atoms with Crippen molar-refractivity contribution in [2.24, 2.45) is 0 Å². The molecule has 0 saturated heterocycles. The number of nitrogens with one attached hydrogen (secondary N) is 1. The minimum absolute atomic E-state index is 0.215. The minimum Gasteiger partial charge on any atom is -0.309 e. The van der Waals surface area contributed by atoms with Gasteiger partial charge in [-0.05, 0) is 47.9 Å². The molecule has 19 heavy (non-hydrogen) atoms. The number of rotatable bonds is 4. The quantitative estimate of drug-likeness (QED) is 0.885. The SMILES string of the molecule is Cc1ccc(CNCc2cc(F)cc(Cl)c2)cc1F. The Morgan fingerprint density at radius 2 is 1.74 bits per heavy atom. The molecule has 0 aliphatic carbocycles. The minimum atomic E-state index is -0.356. The average molecular weight is 282 g/mol. The first-order valence-corrected chi connectivity index (χ1v) is 6.33. The van der Waals surface area contributed by atoms with E-state index < -0.39 is 0 Å². The van der Waals surface area contributed by atoms with Gasteiger partial charge in [0.05, 0.1) is 0 Å². The largest absolute Gasteiger partial charge is 0.309 e. The second-order valence-electron chi connectivity index (χ2n) is 4.46. The van der Waals surface area contributed by atoms with Crippen molar-refractivity contribution < 1.29 is 8.78 Å². The summed E-state index contributed by atoms with van der Waals surface area (Å²) in [6.07, 6.45) is 0. The highest BCUT2D eigenvalue weighted by atomic mass is 35.5. The van der Waals surface area contributed by atoms with Gasteiger partial charge in [0.2, 0.25) is 0 Å². The van der Waals surface area contributed by atoms with E-state index in [0.717, 1.165) is 11.1 Å². The van der Waals surface area contributed by atoms with Gasteiger partial charge in [0.15, 0.2) is 0 Å². The zero-order chi connectivity index (χ0) is 13.8. The summed E-state index contributed by atoms with van der Waals surface area (Å²) in [4.78, 5) is 0. The molecule has 100 valence electrons. The lowest BCUT2D eigenvalue weighted by Crippen LogP contribution is -2.13. The summed E-state index contributed by atoms with van der Waals surface area (Å²) in [5.74, 6) is -0.571. The molecule has 0 spiro atoms. The van der Waals surface area contributed by atoms with Gasteiger partial charge in [0.25, 0.3) is 0 Å². The summed E-state index contributed by atoms with van der Waals surface area (Å²) in [5, 5.41) is 3.50. The van der Waals surface area contributed by atoms with E-state index in [-0.39, 0.29) is 11.6 Å². The number of aryl methyl sites for hydroxylation is 1. The van der Waals surface area contributed by atoms with Crippen molar-refractivity contribution in [3.63, 3.8) is 0 Å². The maximum atomic E-state index is 13.3. The maximum Gasteiger partial charge on any atom is 0.126 e. The van der Waals surface area contributed by atoms with E-state index in [9.17, 15) is 8.78 Å². The Kier molecular flexibility index (Phi) is 4.51. The smallest absolute Gasteiger partial charge is 0.126 e.